The minimum absolute atomic E-state index is 0.0229. The van der Waals surface area contributed by atoms with Crippen LogP contribution in [-0.2, 0) is 4.79 Å². The summed E-state index contributed by atoms with van der Waals surface area (Å²) in [6.07, 6.45) is 5.02. The Labute approximate surface area is 140 Å². The molecule has 0 amide bonds. The smallest absolute Gasteiger partial charge is 0.228 e. The van der Waals surface area contributed by atoms with Gasteiger partial charge in [0.05, 0.1) is 5.56 Å². The standard InChI is InChI=1S/C19H18N2O3/c1-13(2)18(22)12-23-16-7-5-14(6-8-16)17-11-24-19(21-17)15-4-3-9-20-10-15/h3-11,13H,12H2,1-2H3. The average Bonchev–Trinajstić information content (AvgIpc) is 3.11. The number of benzene rings is 1. The number of carbonyl (C=O) groups is 1. The highest BCUT2D eigenvalue weighted by Gasteiger charge is 2.10. The van der Waals surface area contributed by atoms with Crippen LogP contribution in [0.25, 0.3) is 22.7 Å². The molecule has 0 fully saturated rings. The van der Waals surface area contributed by atoms with Gasteiger partial charge in [-0.2, -0.15) is 0 Å². The minimum Gasteiger partial charge on any atom is -0.486 e. The first-order valence-corrected chi connectivity index (χ1v) is 7.75. The monoisotopic (exact) mass is 322 g/mol. The first kappa shape index (κ1) is 15.9. The maximum Gasteiger partial charge on any atom is 0.228 e. The molecular formula is C19H18N2O3. The highest BCUT2D eigenvalue weighted by molar-refractivity contribution is 5.81. The summed E-state index contributed by atoms with van der Waals surface area (Å²) < 4.78 is 11.0. The van der Waals surface area contributed by atoms with Crippen LogP contribution in [0.15, 0.2) is 59.5 Å². The van der Waals surface area contributed by atoms with Gasteiger partial charge in [-0.3, -0.25) is 9.78 Å². The van der Waals surface area contributed by atoms with E-state index in [9.17, 15) is 4.79 Å². The van der Waals surface area contributed by atoms with Crippen LogP contribution in [0.5, 0.6) is 5.75 Å². The first-order valence-electron chi connectivity index (χ1n) is 7.75. The zero-order valence-corrected chi connectivity index (χ0v) is 13.6. The first-order chi connectivity index (χ1) is 11.6. The van der Waals surface area contributed by atoms with Crippen molar-refractivity contribution in [3.8, 4) is 28.5 Å². The zero-order chi connectivity index (χ0) is 16.9. The van der Waals surface area contributed by atoms with Crippen LogP contribution in [0, 0.1) is 5.92 Å². The second-order valence-electron chi connectivity index (χ2n) is 5.71. The van der Waals surface area contributed by atoms with Gasteiger partial charge in [0, 0.05) is 23.9 Å². The SMILES string of the molecule is CC(C)C(=O)COc1ccc(-c2coc(-c3cccnc3)n2)cc1. The van der Waals surface area contributed by atoms with Crippen LogP contribution in [0.3, 0.4) is 0 Å². The highest BCUT2D eigenvalue weighted by Crippen LogP contribution is 2.25. The number of nitrogens with zero attached hydrogens (tertiary/aromatic N) is 2. The summed E-state index contributed by atoms with van der Waals surface area (Å²) in [5, 5.41) is 0. The molecule has 5 heteroatoms. The predicted octanol–water partition coefficient (Wildman–Crippen LogP) is 4.01. The Morgan fingerprint density at radius 2 is 1.96 bits per heavy atom. The number of Topliss-reactive ketones (excluding diaryl/α,β-unsaturated/α-hetero) is 1. The molecule has 3 rings (SSSR count). The molecule has 0 aliphatic carbocycles. The Morgan fingerprint density at radius 1 is 1.17 bits per heavy atom. The summed E-state index contributed by atoms with van der Waals surface area (Å²) in [6, 6.07) is 11.2. The van der Waals surface area contributed by atoms with Gasteiger partial charge in [0.15, 0.2) is 5.78 Å². The van der Waals surface area contributed by atoms with E-state index in [1.807, 2.05) is 50.2 Å². The maximum atomic E-state index is 11.6. The molecule has 0 N–H and O–H groups in total. The topological polar surface area (TPSA) is 65.2 Å². The van der Waals surface area contributed by atoms with Crippen LogP contribution in [0.1, 0.15) is 13.8 Å². The van der Waals surface area contributed by atoms with Crippen molar-refractivity contribution in [2.45, 2.75) is 13.8 Å². The number of aromatic nitrogens is 2. The van der Waals surface area contributed by atoms with Crippen LogP contribution in [0.4, 0.5) is 0 Å². The van der Waals surface area contributed by atoms with E-state index in [4.69, 9.17) is 9.15 Å². The number of carbonyl (C=O) groups excluding carboxylic acids is 1. The summed E-state index contributed by atoms with van der Waals surface area (Å²) >= 11 is 0. The fraction of sp³-hybridized carbons (Fsp3) is 0.211. The van der Waals surface area contributed by atoms with Crippen molar-refractivity contribution in [1.29, 1.82) is 0 Å². The van der Waals surface area contributed by atoms with Gasteiger partial charge in [-0.15, -0.1) is 0 Å². The van der Waals surface area contributed by atoms with Crippen LogP contribution < -0.4 is 4.74 Å². The molecule has 0 bridgehead atoms. The molecule has 122 valence electrons. The summed E-state index contributed by atoms with van der Waals surface area (Å²) in [7, 11) is 0. The molecule has 2 aromatic heterocycles. The Hall–Kier alpha value is -2.95. The fourth-order valence-electron chi connectivity index (χ4n) is 2.07. The van der Waals surface area contributed by atoms with E-state index in [1.165, 1.54) is 0 Å². The fourth-order valence-corrected chi connectivity index (χ4v) is 2.07. The van der Waals surface area contributed by atoms with E-state index in [1.54, 1.807) is 18.7 Å². The Morgan fingerprint density at radius 3 is 2.62 bits per heavy atom. The predicted molar refractivity (Wildman–Crippen MR) is 90.5 cm³/mol. The second-order valence-corrected chi connectivity index (χ2v) is 5.71. The summed E-state index contributed by atoms with van der Waals surface area (Å²) in [5.41, 5.74) is 2.48. The lowest BCUT2D eigenvalue weighted by atomic mass is 10.1. The van der Waals surface area contributed by atoms with Gasteiger partial charge in [-0.1, -0.05) is 13.8 Å². The number of pyridine rings is 1. The maximum absolute atomic E-state index is 11.6. The van der Waals surface area contributed by atoms with Crippen molar-refractivity contribution in [3.05, 3.63) is 55.1 Å². The van der Waals surface area contributed by atoms with Crippen LogP contribution in [-0.4, -0.2) is 22.4 Å². The van der Waals surface area contributed by atoms with E-state index in [2.05, 4.69) is 9.97 Å². The van der Waals surface area contributed by atoms with Gasteiger partial charge in [-0.25, -0.2) is 4.98 Å². The molecule has 5 nitrogen and oxygen atoms in total. The molecule has 0 unspecified atom stereocenters. The van der Waals surface area contributed by atoms with Gasteiger partial charge < -0.3 is 9.15 Å². The molecule has 2 heterocycles. The number of hydrogen-bond acceptors (Lipinski definition) is 5. The Bertz CT molecular complexity index is 808. The van der Waals surface area contributed by atoms with Crippen molar-refractivity contribution in [2.24, 2.45) is 5.92 Å². The van der Waals surface area contributed by atoms with Crippen molar-refractivity contribution < 1.29 is 13.9 Å². The van der Waals surface area contributed by atoms with Gasteiger partial charge in [0.1, 0.15) is 24.3 Å². The molecule has 0 atom stereocenters. The lowest BCUT2D eigenvalue weighted by Crippen LogP contribution is -2.16. The molecule has 0 radical (unpaired) electrons. The van der Waals surface area contributed by atoms with Gasteiger partial charge in [0.2, 0.25) is 5.89 Å². The molecule has 0 spiro atoms. The highest BCUT2D eigenvalue weighted by atomic mass is 16.5. The van der Waals surface area contributed by atoms with E-state index in [0.29, 0.717) is 11.6 Å². The Balaban J connectivity index is 1.70. The molecule has 3 aromatic rings. The Kier molecular flexibility index (Phi) is 4.70. The molecule has 24 heavy (non-hydrogen) atoms. The zero-order valence-electron chi connectivity index (χ0n) is 13.6. The minimum atomic E-state index is -0.0229. The van der Waals surface area contributed by atoms with E-state index in [0.717, 1.165) is 16.8 Å². The molecule has 0 saturated heterocycles. The van der Waals surface area contributed by atoms with Crippen molar-refractivity contribution in [2.75, 3.05) is 6.61 Å². The molecule has 0 aliphatic heterocycles. The molecule has 0 aliphatic rings. The van der Waals surface area contributed by atoms with Gasteiger partial charge in [-0.05, 0) is 36.4 Å². The van der Waals surface area contributed by atoms with Gasteiger partial charge in [0.25, 0.3) is 0 Å². The van der Waals surface area contributed by atoms with E-state index < -0.39 is 0 Å². The van der Waals surface area contributed by atoms with Crippen molar-refractivity contribution in [3.63, 3.8) is 0 Å². The average molecular weight is 322 g/mol. The molecule has 0 saturated carbocycles. The van der Waals surface area contributed by atoms with Gasteiger partial charge >= 0.3 is 0 Å². The molecule has 1 aromatic carbocycles. The largest absolute Gasteiger partial charge is 0.486 e. The number of oxazole rings is 1. The third kappa shape index (κ3) is 3.68. The van der Waals surface area contributed by atoms with Crippen molar-refractivity contribution >= 4 is 5.78 Å². The van der Waals surface area contributed by atoms with Crippen LogP contribution in [0.2, 0.25) is 0 Å². The van der Waals surface area contributed by atoms with E-state index in [-0.39, 0.29) is 18.3 Å². The molecular weight excluding hydrogens is 304 g/mol. The van der Waals surface area contributed by atoms with Crippen LogP contribution >= 0.6 is 0 Å². The summed E-state index contributed by atoms with van der Waals surface area (Å²) in [4.78, 5) is 20.1. The van der Waals surface area contributed by atoms with E-state index >= 15 is 0 Å². The lowest BCUT2D eigenvalue weighted by Gasteiger charge is -2.07. The third-order valence-corrected chi connectivity index (χ3v) is 3.59. The van der Waals surface area contributed by atoms with Crippen molar-refractivity contribution in [1.82, 2.24) is 9.97 Å². The normalized spacial score (nSPS) is 10.8. The lowest BCUT2D eigenvalue weighted by molar-refractivity contribution is -0.123. The number of ether oxygens (including phenoxy) is 1. The summed E-state index contributed by atoms with van der Waals surface area (Å²) in [6.45, 7) is 3.81. The quantitative estimate of drug-likeness (QED) is 0.686. The number of ketones is 1. The third-order valence-electron chi connectivity index (χ3n) is 3.59. The second kappa shape index (κ2) is 7.08. The number of hydrogen-bond donors (Lipinski definition) is 0. The summed E-state index contributed by atoms with van der Waals surface area (Å²) in [5.74, 6) is 1.24. The number of rotatable bonds is 6.